The number of rotatable bonds is 9. The van der Waals surface area contributed by atoms with E-state index in [0.29, 0.717) is 12.3 Å². The van der Waals surface area contributed by atoms with E-state index in [4.69, 9.17) is 4.74 Å². The molecule has 0 bridgehead atoms. The van der Waals surface area contributed by atoms with Crippen molar-refractivity contribution in [1.82, 2.24) is 25.5 Å². The standard InChI is InChI=1S/C18H19N5O2S/c24-18(19-9-10-26-13-15-5-2-1-3-6-15)12-25-17-8-4-7-16(11-17)23-14-20-21-22-23/h1-8,11,14H,9-10,12-13H2,(H,19,24). The molecule has 2 aromatic carbocycles. The molecule has 1 N–H and O–H groups in total. The lowest BCUT2D eigenvalue weighted by molar-refractivity contribution is -0.122. The van der Waals surface area contributed by atoms with Crippen molar-refractivity contribution in [3.8, 4) is 11.4 Å². The van der Waals surface area contributed by atoms with Gasteiger partial charge in [0.2, 0.25) is 0 Å². The van der Waals surface area contributed by atoms with Gasteiger partial charge < -0.3 is 10.1 Å². The number of aromatic nitrogens is 4. The summed E-state index contributed by atoms with van der Waals surface area (Å²) in [5, 5.41) is 13.9. The van der Waals surface area contributed by atoms with E-state index in [2.05, 4.69) is 33.0 Å². The van der Waals surface area contributed by atoms with E-state index in [-0.39, 0.29) is 12.5 Å². The molecule has 0 spiro atoms. The van der Waals surface area contributed by atoms with Crippen LogP contribution >= 0.6 is 11.8 Å². The van der Waals surface area contributed by atoms with Crippen LogP contribution in [0.3, 0.4) is 0 Å². The minimum atomic E-state index is -0.141. The molecule has 0 radical (unpaired) electrons. The molecule has 0 saturated carbocycles. The Hall–Kier alpha value is -2.87. The first-order valence-electron chi connectivity index (χ1n) is 8.16. The maximum absolute atomic E-state index is 11.9. The number of hydrogen-bond donors (Lipinski definition) is 1. The highest BCUT2D eigenvalue weighted by Gasteiger charge is 2.04. The van der Waals surface area contributed by atoms with Gasteiger partial charge in [0, 0.05) is 24.1 Å². The van der Waals surface area contributed by atoms with E-state index in [9.17, 15) is 4.79 Å². The Balaban J connectivity index is 1.35. The summed E-state index contributed by atoms with van der Waals surface area (Å²) < 4.78 is 7.06. The molecule has 1 heterocycles. The van der Waals surface area contributed by atoms with Crippen LogP contribution in [0.5, 0.6) is 5.75 Å². The van der Waals surface area contributed by atoms with Crippen LogP contribution in [0.15, 0.2) is 60.9 Å². The third kappa shape index (κ3) is 5.59. The second-order valence-electron chi connectivity index (χ2n) is 5.43. The quantitative estimate of drug-likeness (QED) is 0.582. The average molecular weight is 369 g/mol. The van der Waals surface area contributed by atoms with Crippen LogP contribution in [0.4, 0.5) is 0 Å². The molecule has 0 saturated heterocycles. The summed E-state index contributed by atoms with van der Waals surface area (Å²) >= 11 is 1.79. The lowest BCUT2D eigenvalue weighted by Crippen LogP contribution is -2.30. The molecule has 1 aromatic heterocycles. The average Bonchev–Trinajstić information content (AvgIpc) is 3.22. The first kappa shape index (κ1) is 17.9. The molecule has 0 atom stereocenters. The largest absolute Gasteiger partial charge is 0.484 e. The van der Waals surface area contributed by atoms with Gasteiger partial charge in [-0.2, -0.15) is 11.8 Å². The van der Waals surface area contributed by atoms with Crippen molar-refractivity contribution in [1.29, 1.82) is 0 Å². The number of nitrogens with zero attached hydrogens (tertiary/aromatic N) is 4. The van der Waals surface area contributed by atoms with Crippen molar-refractivity contribution in [3.05, 3.63) is 66.5 Å². The van der Waals surface area contributed by atoms with Gasteiger partial charge in [0.15, 0.2) is 6.61 Å². The molecule has 3 rings (SSSR count). The van der Waals surface area contributed by atoms with E-state index < -0.39 is 0 Å². The highest BCUT2D eigenvalue weighted by atomic mass is 32.2. The Bertz CT molecular complexity index is 811. The maximum Gasteiger partial charge on any atom is 0.257 e. The van der Waals surface area contributed by atoms with Crippen LogP contribution in [0.25, 0.3) is 5.69 Å². The number of amides is 1. The number of thioether (sulfide) groups is 1. The Morgan fingerprint density at radius 1 is 1.15 bits per heavy atom. The van der Waals surface area contributed by atoms with Crippen LogP contribution in [-0.2, 0) is 10.5 Å². The number of benzene rings is 2. The maximum atomic E-state index is 11.9. The predicted octanol–water partition coefficient (Wildman–Crippen LogP) is 2.09. The lowest BCUT2D eigenvalue weighted by Gasteiger charge is -2.08. The summed E-state index contributed by atoms with van der Waals surface area (Å²) in [7, 11) is 0. The second-order valence-corrected chi connectivity index (χ2v) is 6.53. The molecule has 0 aliphatic heterocycles. The first-order chi connectivity index (χ1) is 12.8. The number of carbonyl (C=O) groups is 1. The molecular formula is C18H19N5O2S. The minimum absolute atomic E-state index is 0.0254. The Kier molecular flexibility index (Phi) is 6.60. The summed E-state index contributed by atoms with van der Waals surface area (Å²) in [6.45, 7) is 0.590. The molecule has 8 heteroatoms. The van der Waals surface area contributed by atoms with Gasteiger partial charge in [0.1, 0.15) is 12.1 Å². The van der Waals surface area contributed by atoms with E-state index in [0.717, 1.165) is 17.2 Å². The molecular weight excluding hydrogens is 350 g/mol. The summed E-state index contributed by atoms with van der Waals surface area (Å²) in [6, 6.07) is 17.5. The Labute approximate surface area is 155 Å². The molecule has 7 nitrogen and oxygen atoms in total. The third-order valence-electron chi connectivity index (χ3n) is 3.48. The van der Waals surface area contributed by atoms with E-state index in [1.807, 2.05) is 30.3 Å². The van der Waals surface area contributed by atoms with Crippen LogP contribution in [-0.4, -0.2) is 45.0 Å². The molecule has 3 aromatic rings. The third-order valence-corrected chi connectivity index (χ3v) is 4.51. The zero-order valence-electron chi connectivity index (χ0n) is 14.1. The number of ether oxygens (including phenoxy) is 1. The Morgan fingerprint density at radius 3 is 2.85 bits per heavy atom. The van der Waals surface area contributed by atoms with Gasteiger partial charge in [-0.25, -0.2) is 4.68 Å². The lowest BCUT2D eigenvalue weighted by atomic mass is 10.2. The summed E-state index contributed by atoms with van der Waals surface area (Å²) in [5.74, 6) is 2.25. The number of tetrazole rings is 1. The van der Waals surface area contributed by atoms with Crippen LogP contribution < -0.4 is 10.1 Å². The predicted molar refractivity (Wildman–Crippen MR) is 100 cm³/mol. The van der Waals surface area contributed by atoms with E-state index in [1.165, 1.54) is 16.6 Å². The van der Waals surface area contributed by atoms with E-state index >= 15 is 0 Å². The normalized spacial score (nSPS) is 10.5. The fourth-order valence-electron chi connectivity index (χ4n) is 2.22. The Morgan fingerprint density at radius 2 is 2.04 bits per heavy atom. The van der Waals surface area contributed by atoms with Crippen molar-refractivity contribution in [3.63, 3.8) is 0 Å². The van der Waals surface area contributed by atoms with Crippen molar-refractivity contribution in [2.24, 2.45) is 0 Å². The van der Waals surface area contributed by atoms with Gasteiger partial charge in [0.25, 0.3) is 5.91 Å². The van der Waals surface area contributed by atoms with Crippen LogP contribution in [0, 0.1) is 0 Å². The number of carbonyl (C=O) groups excluding carboxylic acids is 1. The van der Waals surface area contributed by atoms with Gasteiger partial charge in [0.05, 0.1) is 5.69 Å². The van der Waals surface area contributed by atoms with Gasteiger partial charge in [-0.1, -0.05) is 36.4 Å². The fraction of sp³-hybridized carbons (Fsp3) is 0.222. The first-order valence-corrected chi connectivity index (χ1v) is 9.31. The summed E-state index contributed by atoms with van der Waals surface area (Å²) in [6.07, 6.45) is 1.50. The highest BCUT2D eigenvalue weighted by Crippen LogP contribution is 2.15. The topological polar surface area (TPSA) is 81.9 Å². The van der Waals surface area contributed by atoms with Crippen LogP contribution in [0.2, 0.25) is 0 Å². The SMILES string of the molecule is O=C(COc1cccc(-n2cnnn2)c1)NCCSCc1ccccc1. The van der Waals surface area contributed by atoms with Gasteiger partial charge >= 0.3 is 0 Å². The molecule has 26 heavy (non-hydrogen) atoms. The smallest absolute Gasteiger partial charge is 0.257 e. The zero-order chi connectivity index (χ0) is 18.0. The monoisotopic (exact) mass is 369 g/mol. The fourth-order valence-corrected chi connectivity index (χ4v) is 3.04. The van der Waals surface area contributed by atoms with Gasteiger partial charge in [-0.05, 0) is 28.1 Å². The number of nitrogens with one attached hydrogen (secondary N) is 1. The molecule has 1 amide bonds. The van der Waals surface area contributed by atoms with Crippen molar-refractivity contribution in [2.75, 3.05) is 18.9 Å². The van der Waals surface area contributed by atoms with Crippen molar-refractivity contribution in [2.45, 2.75) is 5.75 Å². The second kappa shape index (κ2) is 9.57. The van der Waals surface area contributed by atoms with E-state index in [1.54, 1.807) is 23.9 Å². The van der Waals surface area contributed by atoms with Crippen molar-refractivity contribution < 1.29 is 9.53 Å². The molecule has 0 aliphatic rings. The molecule has 134 valence electrons. The molecule has 0 aliphatic carbocycles. The molecule has 0 unspecified atom stereocenters. The molecule has 0 fully saturated rings. The summed E-state index contributed by atoms with van der Waals surface area (Å²) in [4.78, 5) is 11.9. The minimum Gasteiger partial charge on any atom is -0.484 e. The summed E-state index contributed by atoms with van der Waals surface area (Å²) in [5.41, 5.74) is 2.06. The zero-order valence-corrected chi connectivity index (χ0v) is 14.9. The highest BCUT2D eigenvalue weighted by molar-refractivity contribution is 7.98. The van der Waals surface area contributed by atoms with Gasteiger partial charge in [-0.3, -0.25) is 4.79 Å². The van der Waals surface area contributed by atoms with Gasteiger partial charge in [-0.15, -0.1) is 5.10 Å². The van der Waals surface area contributed by atoms with Crippen LogP contribution in [0.1, 0.15) is 5.56 Å². The number of hydrogen-bond acceptors (Lipinski definition) is 6. The van der Waals surface area contributed by atoms with Crippen molar-refractivity contribution >= 4 is 17.7 Å².